The summed E-state index contributed by atoms with van der Waals surface area (Å²) in [7, 11) is -3.06. The third-order valence-electron chi connectivity index (χ3n) is 2.05. The third-order valence-corrected chi connectivity index (χ3v) is 7.57. The summed E-state index contributed by atoms with van der Waals surface area (Å²) in [6.45, 7) is 11.3. The molecule has 0 bridgehead atoms. The molecular weight excluding hydrogens is 228 g/mol. The maximum atomic E-state index is 6.24. The Morgan fingerprint density at radius 3 is 2.00 bits per heavy atom. The molecule has 1 aromatic rings. The van der Waals surface area contributed by atoms with Gasteiger partial charge in [0.15, 0.2) is 16.6 Å². The zero-order chi connectivity index (χ0) is 12.2. The molecule has 3 heteroatoms. The lowest BCUT2D eigenvalue weighted by Gasteiger charge is -2.28. The molecule has 0 aromatic heterocycles. The van der Waals surface area contributed by atoms with Gasteiger partial charge >= 0.3 is 0 Å². The van der Waals surface area contributed by atoms with E-state index in [1.807, 2.05) is 6.07 Å². The lowest BCUT2D eigenvalue weighted by Crippen LogP contribution is -2.40. The first kappa shape index (κ1) is 13.4. The van der Waals surface area contributed by atoms with Gasteiger partial charge in [0.2, 0.25) is 0 Å². The highest BCUT2D eigenvalue weighted by molar-refractivity contribution is 6.87. The molecule has 1 aromatic carbocycles. The molecule has 0 heterocycles. The molecule has 0 aliphatic heterocycles. The summed E-state index contributed by atoms with van der Waals surface area (Å²) in [5.41, 5.74) is 3.53. The number of hydrogen-bond donors (Lipinski definition) is 0. The molecule has 0 saturated carbocycles. The van der Waals surface area contributed by atoms with Crippen LogP contribution >= 0.6 is 0 Å². The van der Waals surface area contributed by atoms with Crippen LogP contribution in [0.5, 0.6) is 0 Å². The summed E-state index contributed by atoms with van der Waals surface area (Å²) in [6, 6.07) is 10.4. The first-order valence-electron chi connectivity index (χ1n) is 5.73. The fraction of sp³-hybridized carbons (Fsp3) is 0.385. The Bertz CT molecular complexity index is 350. The second-order valence-electron chi connectivity index (χ2n) is 5.56. The number of hydrogen-bond acceptors (Lipinski definition) is 1. The average Bonchev–Trinajstić information content (AvgIpc) is 2.13. The van der Waals surface area contributed by atoms with Gasteiger partial charge in [0.25, 0.3) is 0 Å². The maximum absolute atomic E-state index is 6.24. The van der Waals surface area contributed by atoms with Crippen molar-refractivity contribution in [1.29, 1.82) is 0 Å². The van der Waals surface area contributed by atoms with Crippen molar-refractivity contribution < 1.29 is 4.12 Å². The van der Waals surface area contributed by atoms with Crippen LogP contribution in [0.15, 0.2) is 36.0 Å². The molecule has 0 aliphatic carbocycles. The Hall–Kier alpha value is -0.646. The van der Waals surface area contributed by atoms with Crippen molar-refractivity contribution >= 4 is 22.7 Å². The molecule has 88 valence electrons. The zero-order valence-electron chi connectivity index (χ0n) is 10.9. The standard InChI is InChI=1S/C13H22OSi2/c1-15(2,3)14-16(4,5)12-11-13-9-7-6-8-10-13/h6-12H,1-5H3. The fourth-order valence-electron chi connectivity index (χ4n) is 1.68. The highest BCUT2D eigenvalue weighted by Crippen LogP contribution is 2.16. The second kappa shape index (κ2) is 5.12. The quantitative estimate of drug-likeness (QED) is 0.724. The van der Waals surface area contributed by atoms with E-state index in [2.05, 4.69) is 68.8 Å². The molecule has 16 heavy (non-hydrogen) atoms. The van der Waals surface area contributed by atoms with Crippen LogP contribution in [0.4, 0.5) is 0 Å². The van der Waals surface area contributed by atoms with Gasteiger partial charge in [-0.15, -0.1) is 0 Å². The van der Waals surface area contributed by atoms with Gasteiger partial charge in [0.05, 0.1) is 0 Å². The van der Waals surface area contributed by atoms with E-state index in [1.165, 1.54) is 5.56 Å². The summed E-state index contributed by atoms with van der Waals surface area (Å²) in [5, 5.41) is 0. The van der Waals surface area contributed by atoms with Crippen LogP contribution in [0.25, 0.3) is 6.08 Å². The van der Waals surface area contributed by atoms with Gasteiger partial charge in [0.1, 0.15) is 0 Å². The highest BCUT2D eigenvalue weighted by atomic mass is 28.4. The molecule has 1 nitrogen and oxygen atoms in total. The molecule has 0 amide bonds. The van der Waals surface area contributed by atoms with Crippen LogP contribution in [0.1, 0.15) is 5.56 Å². The van der Waals surface area contributed by atoms with Gasteiger partial charge in [-0.2, -0.15) is 0 Å². The summed E-state index contributed by atoms with van der Waals surface area (Å²) in [5.74, 6) is 0. The van der Waals surface area contributed by atoms with E-state index in [-0.39, 0.29) is 0 Å². The maximum Gasteiger partial charge on any atom is 0.198 e. The van der Waals surface area contributed by atoms with Crippen LogP contribution in [0.2, 0.25) is 32.7 Å². The normalized spacial score (nSPS) is 13.3. The summed E-state index contributed by atoms with van der Waals surface area (Å²) >= 11 is 0. The van der Waals surface area contributed by atoms with Gasteiger partial charge in [-0.1, -0.05) is 42.1 Å². The third kappa shape index (κ3) is 5.44. The monoisotopic (exact) mass is 250 g/mol. The van der Waals surface area contributed by atoms with E-state index in [4.69, 9.17) is 4.12 Å². The number of rotatable bonds is 4. The molecule has 1 rings (SSSR count). The van der Waals surface area contributed by atoms with Crippen LogP contribution in [-0.4, -0.2) is 16.6 Å². The summed E-state index contributed by atoms with van der Waals surface area (Å²) in [6.07, 6.45) is 2.19. The lowest BCUT2D eigenvalue weighted by atomic mass is 10.2. The van der Waals surface area contributed by atoms with Crippen molar-refractivity contribution in [2.75, 3.05) is 0 Å². The molecule has 0 radical (unpaired) electrons. The topological polar surface area (TPSA) is 9.23 Å². The largest absolute Gasteiger partial charge is 0.453 e. The van der Waals surface area contributed by atoms with Crippen molar-refractivity contribution in [2.24, 2.45) is 0 Å². The Morgan fingerprint density at radius 2 is 1.50 bits per heavy atom. The molecule has 0 atom stereocenters. The first-order chi connectivity index (χ1) is 7.29. The van der Waals surface area contributed by atoms with Gasteiger partial charge in [-0.25, -0.2) is 0 Å². The van der Waals surface area contributed by atoms with Crippen molar-refractivity contribution in [3.8, 4) is 0 Å². The SMILES string of the molecule is C[Si](C)(C)O[Si](C)(C)C=Cc1ccccc1. The van der Waals surface area contributed by atoms with E-state index in [0.29, 0.717) is 0 Å². The predicted octanol–water partition coefficient (Wildman–Crippen LogP) is 4.30. The van der Waals surface area contributed by atoms with Crippen molar-refractivity contribution in [3.63, 3.8) is 0 Å². The Kier molecular flexibility index (Phi) is 4.30. The minimum atomic E-state index is -1.64. The minimum Gasteiger partial charge on any atom is -0.453 e. The minimum absolute atomic E-state index is 1.25. The molecule has 0 unspecified atom stereocenters. The predicted molar refractivity (Wildman–Crippen MR) is 77.4 cm³/mol. The highest BCUT2D eigenvalue weighted by Gasteiger charge is 2.26. The van der Waals surface area contributed by atoms with Crippen molar-refractivity contribution in [2.45, 2.75) is 32.7 Å². The molecular formula is C13H22OSi2. The smallest absolute Gasteiger partial charge is 0.198 e. The second-order valence-corrected chi connectivity index (χ2v) is 14.1. The van der Waals surface area contributed by atoms with Crippen molar-refractivity contribution in [1.82, 2.24) is 0 Å². The van der Waals surface area contributed by atoms with Crippen molar-refractivity contribution in [3.05, 3.63) is 41.6 Å². The first-order valence-corrected chi connectivity index (χ1v) is 12.1. The van der Waals surface area contributed by atoms with Gasteiger partial charge < -0.3 is 4.12 Å². The van der Waals surface area contributed by atoms with Crippen LogP contribution in [0.3, 0.4) is 0 Å². The molecule has 0 N–H and O–H groups in total. The van der Waals surface area contributed by atoms with E-state index in [9.17, 15) is 0 Å². The van der Waals surface area contributed by atoms with Crippen LogP contribution in [0, 0.1) is 0 Å². The fourth-order valence-corrected chi connectivity index (χ4v) is 8.86. The Morgan fingerprint density at radius 1 is 0.938 bits per heavy atom. The van der Waals surface area contributed by atoms with Gasteiger partial charge in [0, 0.05) is 0 Å². The molecule has 0 spiro atoms. The summed E-state index contributed by atoms with van der Waals surface area (Å²) in [4.78, 5) is 0. The molecule has 0 aliphatic rings. The Labute approximate surface area is 101 Å². The van der Waals surface area contributed by atoms with E-state index >= 15 is 0 Å². The zero-order valence-corrected chi connectivity index (χ0v) is 12.9. The van der Waals surface area contributed by atoms with E-state index in [0.717, 1.165) is 0 Å². The summed E-state index contributed by atoms with van der Waals surface area (Å²) < 4.78 is 6.24. The van der Waals surface area contributed by atoms with E-state index < -0.39 is 16.6 Å². The number of benzene rings is 1. The average molecular weight is 250 g/mol. The van der Waals surface area contributed by atoms with Crippen LogP contribution < -0.4 is 0 Å². The van der Waals surface area contributed by atoms with E-state index in [1.54, 1.807) is 0 Å². The lowest BCUT2D eigenvalue weighted by molar-refractivity contribution is 0.565. The molecule has 0 saturated heterocycles. The van der Waals surface area contributed by atoms with Crippen LogP contribution in [-0.2, 0) is 4.12 Å². The van der Waals surface area contributed by atoms with Gasteiger partial charge in [-0.05, 0) is 38.3 Å². The molecule has 0 fully saturated rings. The van der Waals surface area contributed by atoms with Gasteiger partial charge in [-0.3, -0.25) is 0 Å². The Balaban J connectivity index is 2.69.